The van der Waals surface area contributed by atoms with Gasteiger partial charge in [-0.3, -0.25) is 9.59 Å². The Morgan fingerprint density at radius 2 is 2.19 bits per heavy atom. The van der Waals surface area contributed by atoms with Crippen LogP contribution in [0.5, 0.6) is 0 Å². The molecule has 1 aromatic heterocycles. The molecule has 4 heteroatoms. The van der Waals surface area contributed by atoms with Gasteiger partial charge < -0.3 is 0 Å². The quantitative estimate of drug-likeness (QED) is 0.581. The van der Waals surface area contributed by atoms with Crippen LogP contribution < -0.4 is 0 Å². The zero-order chi connectivity index (χ0) is 11.8. The average Bonchev–Trinajstić information content (AvgIpc) is 2.28. The van der Waals surface area contributed by atoms with E-state index in [0.717, 1.165) is 24.2 Å². The van der Waals surface area contributed by atoms with E-state index in [2.05, 4.69) is 4.98 Å². The molecule has 3 nitrogen and oxygen atoms in total. The van der Waals surface area contributed by atoms with E-state index in [1.165, 1.54) is 11.8 Å². The summed E-state index contributed by atoms with van der Waals surface area (Å²) < 4.78 is 0. The predicted molar refractivity (Wildman–Crippen MR) is 66.4 cm³/mol. The molecule has 0 atom stereocenters. The highest BCUT2D eigenvalue weighted by Crippen LogP contribution is 2.05. The van der Waals surface area contributed by atoms with Crippen molar-refractivity contribution in [2.75, 3.05) is 5.75 Å². The van der Waals surface area contributed by atoms with Gasteiger partial charge in [0.15, 0.2) is 11.4 Å². The SMILES string of the molecule is CC(=O)SCCC=Cc1cccc(C=O)n1. The zero-order valence-corrected chi connectivity index (χ0v) is 9.87. The minimum absolute atomic E-state index is 0.134. The van der Waals surface area contributed by atoms with E-state index in [1.54, 1.807) is 19.1 Å². The molecule has 0 unspecified atom stereocenters. The van der Waals surface area contributed by atoms with Gasteiger partial charge in [-0.2, -0.15) is 0 Å². The Balaban J connectivity index is 2.43. The van der Waals surface area contributed by atoms with Crippen LogP contribution in [0.3, 0.4) is 0 Å². The van der Waals surface area contributed by atoms with E-state index in [9.17, 15) is 9.59 Å². The summed E-state index contributed by atoms with van der Waals surface area (Å²) in [7, 11) is 0. The summed E-state index contributed by atoms with van der Waals surface area (Å²) in [5.74, 6) is 0.777. The molecule has 0 fully saturated rings. The number of rotatable bonds is 5. The fourth-order valence-electron chi connectivity index (χ4n) is 1.10. The van der Waals surface area contributed by atoms with Crippen molar-refractivity contribution < 1.29 is 9.59 Å². The van der Waals surface area contributed by atoms with Crippen LogP contribution >= 0.6 is 11.8 Å². The Labute approximate surface area is 99.0 Å². The molecule has 0 saturated heterocycles. The molecule has 1 aromatic rings. The van der Waals surface area contributed by atoms with Gasteiger partial charge >= 0.3 is 0 Å². The van der Waals surface area contributed by atoms with E-state index in [0.29, 0.717) is 5.69 Å². The van der Waals surface area contributed by atoms with Crippen molar-refractivity contribution >= 4 is 29.2 Å². The Morgan fingerprint density at radius 1 is 1.44 bits per heavy atom. The maximum Gasteiger partial charge on any atom is 0.185 e. The van der Waals surface area contributed by atoms with E-state index in [-0.39, 0.29) is 5.12 Å². The summed E-state index contributed by atoms with van der Waals surface area (Å²) in [5, 5.41) is 0.134. The van der Waals surface area contributed by atoms with Crippen LogP contribution in [0.15, 0.2) is 24.3 Å². The number of aromatic nitrogens is 1. The third kappa shape index (κ3) is 4.89. The summed E-state index contributed by atoms with van der Waals surface area (Å²) in [6, 6.07) is 5.29. The van der Waals surface area contributed by atoms with E-state index < -0.39 is 0 Å². The predicted octanol–water partition coefficient (Wildman–Crippen LogP) is 2.58. The summed E-state index contributed by atoms with van der Waals surface area (Å²) >= 11 is 1.31. The van der Waals surface area contributed by atoms with E-state index >= 15 is 0 Å². The summed E-state index contributed by atoms with van der Waals surface area (Å²) in [6.07, 6.45) is 5.35. The number of carbonyl (C=O) groups excluding carboxylic acids is 2. The van der Waals surface area contributed by atoms with Crippen molar-refractivity contribution in [1.29, 1.82) is 0 Å². The highest BCUT2D eigenvalue weighted by Gasteiger charge is 1.93. The zero-order valence-electron chi connectivity index (χ0n) is 9.05. The second-order valence-corrected chi connectivity index (χ2v) is 4.41. The molecule has 1 heterocycles. The Hall–Kier alpha value is -1.42. The number of aldehydes is 1. The van der Waals surface area contributed by atoms with Gasteiger partial charge in [0, 0.05) is 12.7 Å². The van der Waals surface area contributed by atoms with Crippen molar-refractivity contribution in [3.05, 3.63) is 35.7 Å². The maximum absolute atomic E-state index is 10.6. The number of pyridine rings is 1. The van der Waals surface area contributed by atoms with Crippen LogP contribution in [0.1, 0.15) is 29.5 Å². The molecular formula is C12H13NO2S. The van der Waals surface area contributed by atoms with Crippen LogP contribution in [0, 0.1) is 0 Å². The van der Waals surface area contributed by atoms with Crippen molar-refractivity contribution in [3.8, 4) is 0 Å². The topological polar surface area (TPSA) is 47.0 Å². The van der Waals surface area contributed by atoms with Crippen LogP contribution in [-0.4, -0.2) is 22.1 Å². The third-order valence-electron chi connectivity index (χ3n) is 1.79. The first-order valence-corrected chi connectivity index (χ1v) is 5.93. The molecule has 0 bridgehead atoms. The van der Waals surface area contributed by atoms with Gasteiger partial charge in [-0.05, 0) is 24.6 Å². The normalized spacial score (nSPS) is 10.6. The Kier molecular flexibility index (Phi) is 5.50. The standard InChI is InChI=1S/C12H13NO2S/c1-10(15)16-8-3-2-5-11-6-4-7-12(9-14)13-11/h2,4-7,9H,3,8H2,1H3. The second kappa shape index (κ2) is 6.95. The van der Waals surface area contributed by atoms with Gasteiger partial charge in [0.2, 0.25) is 0 Å². The average molecular weight is 235 g/mol. The van der Waals surface area contributed by atoms with Gasteiger partial charge in [-0.1, -0.05) is 23.9 Å². The van der Waals surface area contributed by atoms with Crippen molar-refractivity contribution in [2.24, 2.45) is 0 Å². The lowest BCUT2D eigenvalue weighted by molar-refractivity contribution is -0.109. The summed E-state index contributed by atoms with van der Waals surface area (Å²) in [5.41, 5.74) is 1.19. The molecule has 0 aliphatic heterocycles. The first kappa shape index (κ1) is 12.6. The number of allylic oxidation sites excluding steroid dienone is 1. The molecule has 0 spiro atoms. The van der Waals surface area contributed by atoms with Crippen LogP contribution in [0.4, 0.5) is 0 Å². The van der Waals surface area contributed by atoms with Crippen molar-refractivity contribution in [1.82, 2.24) is 4.98 Å². The molecule has 0 aliphatic carbocycles. The maximum atomic E-state index is 10.6. The van der Waals surface area contributed by atoms with Crippen molar-refractivity contribution in [2.45, 2.75) is 13.3 Å². The number of carbonyl (C=O) groups is 2. The molecular weight excluding hydrogens is 222 g/mol. The largest absolute Gasteiger partial charge is 0.296 e. The number of hydrogen-bond acceptors (Lipinski definition) is 4. The van der Waals surface area contributed by atoms with Crippen LogP contribution in [0.2, 0.25) is 0 Å². The lowest BCUT2D eigenvalue weighted by Crippen LogP contribution is -1.88. The second-order valence-electron chi connectivity index (χ2n) is 3.14. The Morgan fingerprint density at radius 3 is 2.88 bits per heavy atom. The highest BCUT2D eigenvalue weighted by atomic mass is 32.2. The fourth-order valence-corrected chi connectivity index (χ4v) is 1.64. The minimum Gasteiger partial charge on any atom is -0.296 e. The highest BCUT2D eigenvalue weighted by molar-refractivity contribution is 8.13. The summed E-state index contributed by atoms with van der Waals surface area (Å²) in [4.78, 5) is 25.2. The number of thioether (sulfide) groups is 1. The van der Waals surface area contributed by atoms with Crippen molar-refractivity contribution in [3.63, 3.8) is 0 Å². The monoisotopic (exact) mass is 235 g/mol. The Bertz CT molecular complexity index is 402. The molecule has 0 amide bonds. The molecule has 0 N–H and O–H groups in total. The molecule has 1 rings (SSSR count). The molecule has 16 heavy (non-hydrogen) atoms. The lowest BCUT2D eigenvalue weighted by Gasteiger charge is -1.94. The number of nitrogens with zero attached hydrogens (tertiary/aromatic N) is 1. The van der Waals surface area contributed by atoms with E-state index in [4.69, 9.17) is 0 Å². The van der Waals surface area contributed by atoms with Gasteiger partial charge in [-0.25, -0.2) is 4.98 Å². The van der Waals surface area contributed by atoms with E-state index in [1.807, 2.05) is 18.2 Å². The lowest BCUT2D eigenvalue weighted by atomic mass is 10.3. The smallest absolute Gasteiger partial charge is 0.185 e. The van der Waals surface area contributed by atoms with Gasteiger partial charge in [0.05, 0.1) is 5.69 Å². The molecule has 0 saturated carbocycles. The van der Waals surface area contributed by atoms with Gasteiger partial charge in [0.25, 0.3) is 0 Å². The molecule has 0 radical (unpaired) electrons. The number of hydrogen-bond donors (Lipinski definition) is 0. The van der Waals surface area contributed by atoms with Gasteiger partial charge in [0.1, 0.15) is 5.69 Å². The molecule has 0 aliphatic rings. The fraction of sp³-hybridized carbons (Fsp3) is 0.250. The minimum atomic E-state index is 0.134. The first-order chi connectivity index (χ1) is 7.72. The molecule has 0 aromatic carbocycles. The van der Waals surface area contributed by atoms with Crippen LogP contribution in [-0.2, 0) is 4.79 Å². The van der Waals surface area contributed by atoms with Crippen LogP contribution in [0.25, 0.3) is 6.08 Å². The van der Waals surface area contributed by atoms with Gasteiger partial charge in [-0.15, -0.1) is 0 Å². The first-order valence-electron chi connectivity index (χ1n) is 4.94. The summed E-state index contributed by atoms with van der Waals surface area (Å²) in [6.45, 7) is 1.56. The molecule has 84 valence electrons. The third-order valence-corrected chi connectivity index (χ3v) is 2.64.